The highest BCUT2D eigenvalue weighted by Gasteiger charge is 2.27. The van der Waals surface area contributed by atoms with E-state index in [-0.39, 0.29) is 6.10 Å². The van der Waals surface area contributed by atoms with Gasteiger partial charge in [0.05, 0.1) is 20.8 Å². The van der Waals surface area contributed by atoms with Crippen LogP contribution in [0.5, 0.6) is 11.5 Å². The van der Waals surface area contributed by atoms with Crippen molar-refractivity contribution < 1.29 is 14.2 Å². The summed E-state index contributed by atoms with van der Waals surface area (Å²) in [5.74, 6) is 1.56. The molecule has 1 aromatic rings. The number of nitrogens with two attached hydrogens (primary N) is 1. The standard InChI is InChI=1S/C16H23N3O3/c1-11(15-10-18-8-9-22-15)19(12(2)17)16-13(20-3)6-5-7-14(16)21-4/h5-7,15,18H,1-2,8-10,17H2,3-4H3/t15-/m1/s1. The molecule has 1 aliphatic rings. The lowest BCUT2D eigenvalue weighted by Gasteiger charge is -2.34. The predicted octanol–water partition coefficient (Wildman–Crippen LogP) is 1.44. The van der Waals surface area contributed by atoms with Gasteiger partial charge in [-0.05, 0) is 12.1 Å². The SMILES string of the molecule is C=C(N)N(C(=C)[C@H]1CNCCO1)c1c(OC)cccc1OC. The van der Waals surface area contributed by atoms with Crippen LogP contribution in [0.1, 0.15) is 0 Å². The molecule has 0 aromatic heterocycles. The van der Waals surface area contributed by atoms with Gasteiger partial charge < -0.3 is 25.3 Å². The number of ether oxygens (including phenoxy) is 3. The summed E-state index contributed by atoms with van der Waals surface area (Å²) in [5.41, 5.74) is 7.36. The van der Waals surface area contributed by atoms with Gasteiger partial charge in [-0.1, -0.05) is 19.2 Å². The van der Waals surface area contributed by atoms with Gasteiger partial charge in [-0.25, -0.2) is 0 Å². The minimum atomic E-state index is -0.191. The zero-order chi connectivity index (χ0) is 16.1. The molecule has 1 aromatic carbocycles. The minimum Gasteiger partial charge on any atom is -0.494 e. The van der Waals surface area contributed by atoms with E-state index >= 15 is 0 Å². The fourth-order valence-corrected chi connectivity index (χ4v) is 2.45. The van der Waals surface area contributed by atoms with Crippen molar-refractivity contribution >= 4 is 5.69 Å². The monoisotopic (exact) mass is 305 g/mol. The van der Waals surface area contributed by atoms with Crippen LogP contribution < -0.4 is 25.4 Å². The van der Waals surface area contributed by atoms with Crippen molar-refractivity contribution in [1.29, 1.82) is 0 Å². The molecule has 0 bridgehead atoms. The lowest BCUT2D eigenvalue weighted by Crippen LogP contribution is -2.44. The molecule has 2 rings (SSSR count). The van der Waals surface area contributed by atoms with Crippen molar-refractivity contribution in [1.82, 2.24) is 5.32 Å². The molecule has 22 heavy (non-hydrogen) atoms. The molecule has 1 heterocycles. The molecule has 1 fully saturated rings. The van der Waals surface area contributed by atoms with Crippen LogP contribution in [0.25, 0.3) is 0 Å². The first-order chi connectivity index (χ1) is 10.6. The van der Waals surface area contributed by atoms with E-state index in [9.17, 15) is 0 Å². The molecule has 3 N–H and O–H groups in total. The molecule has 6 nitrogen and oxygen atoms in total. The van der Waals surface area contributed by atoms with Gasteiger partial charge in [0, 0.05) is 18.8 Å². The van der Waals surface area contributed by atoms with Gasteiger partial charge in [0.1, 0.15) is 29.1 Å². The maximum atomic E-state index is 6.01. The number of morpholine rings is 1. The highest BCUT2D eigenvalue weighted by Crippen LogP contribution is 2.41. The van der Waals surface area contributed by atoms with Crippen molar-refractivity contribution in [3.63, 3.8) is 0 Å². The molecular formula is C16H23N3O3. The van der Waals surface area contributed by atoms with E-state index in [0.717, 1.165) is 6.54 Å². The third-order valence-corrected chi connectivity index (χ3v) is 3.50. The summed E-state index contributed by atoms with van der Waals surface area (Å²) in [4.78, 5) is 1.72. The van der Waals surface area contributed by atoms with E-state index in [1.54, 1.807) is 19.1 Å². The van der Waals surface area contributed by atoms with E-state index in [2.05, 4.69) is 18.5 Å². The van der Waals surface area contributed by atoms with Crippen LogP contribution in [0.15, 0.2) is 42.9 Å². The van der Waals surface area contributed by atoms with Gasteiger partial charge in [-0.2, -0.15) is 0 Å². The Morgan fingerprint density at radius 3 is 2.41 bits per heavy atom. The minimum absolute atomic E-state index is 0.191. The van der Waals surface area contributed by atoms with Crippen LogP contribution >= 0.6 is 0 Å². The largest absolute Gasteiger partial charge is 0.494 e. The Balaban J connectivity index is 2.43. The van der Waals surface area contributed by atoms with Crippen LogP contribution in [-0.4, -0.2) is 40.0 Å². The Hall–Kier alpha value is -2.18. The molecule has 1 aliphatic heterocycles. The first kappa shape index (κ1) is 16.2. The third-order valence-electron chi connectivity index (χ3n) is 3.50. The summed E-state index contributed by atoms with van der Waals surface area (Å²) in [5, 5.41) is 3.27. The lowest BCUT2D eigenvalue weighted by molar-refractivity contribution is 0.0509. The second kappa shape index (κ2) is 7.20. The first-order valence-corrected chi connectivity index (χ1v) is 7.06. The summed E-state index contributed by atoms with van der Waals surface area (Å²) in [7, 11) is 3.19. The Morgan fingerprint density at radius 2 is 1.95 bits per heavy atom. The van der Waals surface area contributed by atoms with Crippen molar-refractivity contribution in [2.24, 2.45) is 5.73 Å². The third kappa shape index (κ3) is 3.18. The summed E-state index contributed by atoms with van der Waals surface area (Å²) in [6, 6.07) is 5.52. The van der Waals surface area contributed by atoms with Gasteiger partial charge in [0.15, 0.2) is 0 Å². The second-order valence-corrected chi connectivity index (χ2v) is 4.89. The number of anilines is 1. The van der Waals surface area contributed by atoms with Crippen molar-refractivity contribution in [2.75, 3.05) is 38.8 Å². The van der Waals surface area contributed by atoms with Crippen molar-refractivity contribution in [3.05, 3.63) is 42.9 Å². The molecule has 0 aliphatic carbocycles. The number of para-hydroxylation sites is 1. The number of nitrogens with zero attached hydrogens (tertiary/aromatic N) is 1. The number of methoxy groups -OCH3 is 2. The Bertz CT molecular complexity index is 531. The molecule has 6 heteroatoms. The number of nitrogens with one attached hydrogen (secondary N) is 1. The van der Waals surface area contributed by atoms with E-state index in [1.165, 1.54) is 0 Å². The highest BCUT2D eigenvalue weighted by atomic mass is 16.5. The van der Waals surface area contributed by atoms with Gasteiger partial charge in [-0.3, -0.25) is 4.90 Å². The Morgan fingerprint density at radius 1 is 1.32 bits per heavy atom. The number of hydrogen-bond acceptors (Lipinski definition) is 6. The fraction of sp³-hybridized carbons (Fsp3) is 0.375. The molecule has 1 atom stereocenters. The maximum absolute atomic E-state index is 6.01. The van der Waals surface area contributed by atoms with E-state index in [0.29, 0.717) is 41.9 Å². The van der Waals surface area contributed by atoms with Crippen LogP contribution in [-0.2, 0) is 4.74 Å². The highest BCUT2D eigenvalue weighted by molar-refractivity contribution is 5.73. The van der Waals surface area contributed by atoms with Gasteiger partial charge in [0.25, 0.3) is 0 Å². The molecule has 0 spiro atoms. The van der Waals surface area contributed by atoms with E-state index in [4.69, 9.17) is 19.9 Å². The normalized spacial score (nSPS) is 17.6. The number of benzene rings is 1. The maximum Gasteiger partial charge on any atom is 0.146 e. The predicted molar refractivity (Wildman–Crippen MR) is 87.1 cm³/mol. The van der Waals surface area contributed by atoms with Gasteiger partial charge in [0.2, 0.25) is 0 Å². The molecule has 120 valence electrons. The molecular weight excluding hydrogens is 282 g/mol. The lowest BCUT2D eigenvalue weighted by atomic mass is 10.1. The molecule has 0 saturated carbocycles. The molecule has 0 radical (unpaired) electrons. The summed E-state index contributed by atoms with van der Waals surface area (Å²) < 4.78 is 16.6. The average Bonchev–Trinajstić information content (AvgIpc) is 2.55. The fourth-order valence-electron chi connectivity index (χ4n) is 2.45. The summed E-state index contributed by atoms with van der Waals surface area (Å²) in [6.45, 7) is 10.1. The van der Waals surface area contributed by atoms with Gasteiger partial charge in [-0.15, -0.1) is 0 Å². The zero-order valence-electron chi connectivity index (χ0n) is 13.1. The average molecular weight is 305 g/mol. The first-order valence-electron chi connectivity index (χ1n) is 7.06. The quantitative estimate of drug-likeness (QED) is 0.829. The van der Waals surface area contributed by atoms with Crippen LogP contribution in [0, 0.1) is 0 Å². The summed E-state index contributed by atoms with van der Waals surface area (Å²) in [6.07, 6.45) is -0.191. The zero-order valence-corrected chi connectivity index (χ0v) is 13.1. The van der Waals surface area contributed by atoms with E-state index in [1.807, 2.05) is 18.2 Å². The number of rotatable bonds is 6. The van der Waals surface area contributed by atoms with E-state index < -0.39 is 0 Å². The van der Waals surface area contributed by atoms with Crippen molar-refractivity contribution in [3.8, 4) is 11.5 Å². The van der Waals surface area contributed by atoms with Crippen molar-refractivity contribution in [2.45, 2.75) is 6.10 Å². The smallest absolute Gasteiger partial charge is 0.146 e. The second-order valence-electron chi connectivity index (χ2n) is 4.89. The van der Waals surface area contributed by atoms with Crippen LogP contribution in [0.4, 0.5) is 5.69 Å². The molecule has 0 amide bonds. The Kier molecular flexibility index (Phi) is 5.30. The summed E-state index contributed by atoms with van der Waals surface area (Å²) >= 11 is 0. The number of hydrogen-bond donors (Lipinski definition) is 2. The van der Waals surface area contributed by atoms with Crippen LogP contribution in [0.2, 0.25) is 0 Å². The molecule has 1 saturated heterocycles. The molecule has 0 unspecified atom stereocenters. The van der Waals surface area contributed by atoms with Crippen LogP contribution in [0.3, 0.4) is 0 Å². The van der Waals surface area contributed by atoms with Gasteiger partial charge >= 0.3 is 0 Å². The Labute approximate surface area is 131 Å². The topological polar surface area (TPSA) is 69.0 Å².